The van der Waals surface area contributed by atoms with E-state index in [2.05, 4.69) is 34.6 Å². The van der Waals surface area contributed by atoms with E-state index in [0.29, 0.717) is 23.4 Å². The van der Waals surface area contributed by atoms with Gasteiger partial charge in [-0.25, -0.2) is 4.79 Å². The number of thioether (sulfide) groups is 1. The van der Waals surface area contributed by atoms with E-state index in [1.807, 2.05) is 49.4 Å². The van der Waals surface area contributed by atoms with Crippen LogP contribution in [0.3, 0.4) is 0 Å². The minimum absolute atomic E-state index is 0.00637. The zero-order chi connectivity index (χ0) is 28.5. The molecule has 212 valence electrons. The quantitative estimate of drug-likeness (QED) is 0.183. The van der Waals surface area contributed by atoms with Gasteiger partial charge in [-0.15, -0.1) is 23.1 Å². The third-order valence-electron chi connectivity index (χ3n) is 6.83. The van der Waals surface area contributed by atoms with Gasteiger partial charge in [0.1, 0.15) is 5.00 Å². The van der Waals surface area contributed by atoms with Crippen molar-refractivity contribution >= 4 is 51.6 Å². The summed E-state index contributed by atoms with van der Waals surface area (Å²) in [5, 5.41) is 6.19. The fourth-order valence-electron chi connectivity index (χ4n) is 4.73. The van der Waals surface area contributed by atoms with Crippen molar-refractivity contribution < 1.29 is 19.1 Å². The highest BCUT2D eigenvalue weighted by molar-refractivity contribution is 8.00. The molecule has 1 aromatic heterocycles. The lowest BCUT2D eigenvalue weighted by atomic mass is 10.0. The van der Waals surface area contributed by atoms with Crippen LogP contribution in [0.25, 0.3) is 0 Å². The van der Waals surface area contributed by atoms with Crippen molar-refractivity contribution in [1.82, 2.24) is 4.90 Å². The number of benzene rings is 2. The zero-order valence-corrected chi connectivity index (χ0v) is 25.0. The van der Waals surface area contributed by atoms with Crippen LogP contribution >= 0.6 is 23.1 Å². The second kappa shape index (κ2) is 14.5. The van der Waals surface area contributed by atoms with Gasteiger partial charge in [-0.1, -0.05) is 56.7 Å². The second-order valence-electron chi connectivity index (χ2n) is 9.83. The Morgan fingerprint density at radius 3 is 2.60 bits per heavy atom. The molecule has 2 aromatic carbocycles. The lowest BCUT2D eigenvalue weighted by Crippen LogP contribution is -2.30. The van der Waals surface area contributed by atoms with Gasteiger partial charge in [-0.2, -0.15) is 0 Å². The van der Waals surface area contributed by atoms with E-state index >= 15 is 0 Å². The number of unbranched alkanes of at least 4 members (excludes halogenated alkanes) is 1. The highest BCUT2D eigenvalue weighted by Crippen LogP contribution is 2.39. The van der Waals surface area contributed by atoms with E-state index in [-0.39, 0.29) is 17.1 Å². The largest absolute Gasteiger partial charge is 0.465 e. The number of nitrogens with one attached hydrogen (secondary N) is 2. The van der Waals surface area contributed by atoms with Crippen LogP contribution in [0.15, 0.2) is 59.5 Å². The summed E-state index contributed by atoms with van der Waals surface area (Å²) >= 11 is 2.92. The van der Waals surface area contributed by atoms with E-state index < -0.39 is 5.97 Å². The molecule has 2 heterocycles. The molecule has 1 unspecified atom stereocenters. The molecule has 1 atom stereocenters. The average molecular weight is 580 g/mol. The third kappa shape index (κ3) is 7.74. The smallest absolute Gasteiger partial charge is 0.341 e. The maximum atomic E-state index is 13.5. The molecular weight excluding hydrogens is 542 g/mol. The van der Waals surface area contributed by atoms with Crippen LogP contribution in [-0.4, -0.2) is 41.6 Å². The van der Waals surface area contributed by atoms with Gasteiger partial charge in [0.05, 0.1) is 17.9 Å². The average Bonchev–Trinajstić information content (AvgIpc) is 3.31. The number of anilines is 2. The lowest BCUT2D eigenvalue weighted by molar-refractivity contribution is -0.116. The van der Waals surface area contributed by atoms with E-state index in [0.717, 1.165) is 59.9 Å². The Bertz CT molecular complexity index is 1330. The maximum absolute atomic E-state index is 13.5. The molecule has 2 amide bonds. The van der Waals surface area contributed by atoms with Crippen molar-refractivity contribution in [3.05, 3.63) is 76.2 Å². The summed E-state index contributed by atoms with van der Waals surface area (Å²) in [6.45, 7) is 6.41. The zero-order valence-electron chi connectivity index (χ0n) is 23.3. The Hall–Kier alpha value is -3.14. The minimum atomic E-state index is -0.420. The molecule has 0 bridgehead atoms. The molecule has 7 nitrogen and oxygen atoms in total. The molecule has 0 fully saturated rings. The van der Waals surface area contributed by atoms with Gasteiger partial charge in [-0.05, 0) is 48.6 Å². The summed E-state index contributed by atoms with van der Waals surface area (Å²) in [5.74, 6) is -0.584. The number of fused-ring (bicyclic) bond motifs is 1. The summed E-state index contributed by atoms with van der Waals surface area (Å²) in [6, 6.07) is 17.9. The first-order valence-corrected chi connectivity index (χ1v) is 15.5. The predicted octanol–water partition coefficient (Wildman–Crippen LogP) is 6.73. The van der Waals surface area contributed by atoms with Crippen LogP contribution in [0.4, 0.5) is 10.7 Å². The van der Waals surface area contributed by atoms with Crippen LogP contribution < -0.4 is 10.6 Å². The first-order chi connectivity index (χ1) is 19.4. The van der Waals surface area contributed by atoms with Crippen LogP contribution in [0.1, 0.15) is 65.9 Å². The van der Waals surface area contributed by atoms with Crippen molar-refractivity contribution in [2.45, 2.75) is 69.2 Å². The number of rotatable bonds is 12. The van der Waals surface area contributed by atoms with Crippen molar-refractivity contribution in [3.8, 4) is 0 Å². The Morgan fingerprint density at radius 1 is 1.07 bits per heavy atom. The molecule has 2 N–H and O–H groups in total. The van der Waals surface area contributed by atoms with Gasteiger partial charge >= 0.3 is 5.97 Å². The Labute approximate surface area is 244 Å². The predicted molar refractivity (Wildman–Crippen MR) is 163 cm³/mol. The Balaban J connectivity index is 1.46. The first-order valence-electron chi connectivity index (χ1n) is 13.8. The van der Waals surface area contributed by atoms with E-state index in [4.69, 9.17) is 4.74 Å². The van der Waals surface area contributed by atoms with E-state index in [1.165, 1.54) is 35.8 Å². The standard InChI is InChI=1S/C31H37N3O4S2/c1-4-6-15-27(35)32-22-13-10-14-23(18-22)39-25(5-2)29(36)33-30-28(31(37)38-3)24-16-17-34(20-26(24)40-30)19-21-11-8-7-9-12-21/h7-14,18,25H,4-6,15-17,19-20H2,1-3H3,(H,32,35)(H,33,36). The number of carbonyl (C=O) groups is 3. The van der Waals surface area contributed by atoms with Crippen LogP contribution in [0.2, 0.25) is 0 Å². The highest BCUT2D eigenvalue weighted by Gasteiger charge is 2.30. The number of esters is 1. The van der Waals surface area contributed by atoms with Crippen molar-refractivity contribution in [2.24, 2.45) is 0 Å². The number of methoxy groups -OCH3 is 1. The SMILES string of the molecule is CCCCC(=O)Nc1cccc(SC(CC)C(=O)Nc2sc3c(c2C(=O)OC)CCN(Cc2ccccc2)C3)c1. The molecule has 40 heavy (non-hydrogen) atoms. The minimum Gasteiger partial charge on any atom is -0.465 e. The number of hydrogen-bond donors (Lipinski definition) is 2. The van der Waals surface area contributed by atoms with Crippen LogP contribution in [-0.2, 0) is 33.8 Å². The molecule has 4 rings (SSSR count). The van der Waals surface area contributed by atoms with E-state index in [1.54, 1.807) is 0 Å². The first kappa shape index (κ1) is 29.8. The molecule has 0 saturated carbocycles. The molecular formula is C31H37N3O4S2. The third-order valence-corrected chi connectivity index (χ3v) is 9.32. The maximum Gasteiger partial charge on any atom is 0.341 e. The number of carbonyl (C=O) groups excluding carboxylic acids is 3. The molecule has 0 aliphatic carbocycles. The van der Waals surface area contributed by atoms with Gasteiger partial charge < -0.3 is 15.4 Å². The number of hydrogen-bond acceptors (Lipinski definition) is 7. The topological polar surface area (TPSA) is 87.7 Å². The summed E-state index contributed by atoms with van der Waals surface area (Å²) < 4.78 is 5.12. The molecule has 9 heteroatoms. The fourth-order valence-corrected chi connectivity index (χ4v) is 7.02. The molecule has 3 aromatic rings. The number of nitrogens with zero attached hydrogens (tertiary/aromatic N) is 1. The fraction of sp³-hybridized carbons (Fsp3) is 0.387. The van der Waals surface area contributed by atoms with Crippen LogP contribution in [0, 0.1) is 0 Å². The number of ether oxygens (including phenoxy) is 1. The van der Waals surface area contributed by atoms with Crippen molar-refractivity contribution in [2.75, 3.05) is 24.3 Å². The Morgan fingerprint density at radius 2 is 1.88 bits per heavy atom. The van der Waals surface area contributed by atoms with Crippen molar-refractivity contribution in [3.63, 3.8) is 0 Å². The number of thiophene rings is 1. The monoisotopic (exact) mass is 579 g/mol. The summed E-state index contributed by atoms with van der Waals surface area (Å²) in [7, 11) is 1.38. The molecule has 1 aliphatic heterocycles. The van der Waals surface area contributed by atoms with Gasteiger partial charge in [-0.3, -0.25) is 14.5 Å². The van der Waals surface area contributed by atoms with Gasteiger partial charge in [0, 0.05) is 41.5 Å². The highest BCUT2D eigenvalue weighted by atomic mass is 32.2. The summed E-state index contributed by atoms with van der Waals surface area (Å²) in [6.07, 6.45) is 3.64. The second-order valence-corrected chi connectivity index (χ2v) is 12.2. The normalized spacial score (nSPS) is 13.8. The molecule has 0 saturated heterocycles. The number of amides is 2. The van der Waals surface area contributed by atoms with Gasteiger partial charge in [0.2, 0.25) is 11.8 Å². The Kier molecular flexibility index (Phi) is 10.8. The van der Waals surface area contributed by atoms with Gasteiger partial charge in [0.25, 0.3) is 0 Å². The lowest BCUT2D eigenvalue weighted by Gasteiger charge is -2.27. The molecule has 1 aliphatic rings. The molecule has 0 spiro atoms. The molecule has 0 radical (unpaired) electrons. The summed E-state index contributed by atoms with van der Waals surface area (Å²) in [4.78, 5) is 42.8. The van der Waals surface area contributed by atoms with Crippen LogP contribution in [0.5, 0.6) is 0 Å². The summed E-state index contributed by atoms with van der Waals surface area (Å²) in [5.41, 5.74) is 3.42. The van der Waals surface area contributed by atoms with Gasteiger partial charge in [0.15, 0.2) is 0 Å². The van der Waals surface area contributed by atoms with Crippen molar-refractivity contribution in [1.29, 1.82) is 0 Å². The van der Waals surface area contributed by atoms with E-state index in [9.17, 15) is 14.4 Å².